The number of rotatable bonds is 1. The maximum absolute atomic E-state index is 12.1. The van der Waals surface area contributed by atoms with Crippen molar-refractivity contribution < 1.29 is 4.79 Å². The number of allylic oxidation sites excluding steroid dienone is 2. The number of fused-ring (bicyclic) bond motifs is 1. The average Bonchev–Trinajstić information content (AvgIpc) is 2.28. The molecule has 0 fully saturated rings. The van der Waals surface area contributed by atoms with Crippen molar-refractivity contribution in [2.24, 2.45) is 0 Å². The third-order valence-corrected chi connectivity index (χ3v) is 3.78. The molecule has 0 radical (unpaired) electrons. The van der Waals surface area contributed by atoms with Crippen molar-refractivity contribution in [2.75, 3.05) is 0 Å². The maximum Gasteiger partial charge on any atom is 0.201 e. The molecule has 1 nitrogen and oxygen atoms in total. The lowest BCUT2D eigenvalue weighted by atomic mass is 9.91. The van der Waals surface area contributed by atoms with E-state index in [9.17, 15) is 4.79 Å². The molecular weight excluding hydrogens is 240 g/mol. The Morgan fingerprint density at radius 2 is 2.06 bits per heavy atom. The first-order valence-corrected chi connectivity index (χ1v) is 6.76. The number of terminal acetylenes is 1. The summed E-state index contributed by atoms with van der Waals surface area (Å²) in [6, 6.07) is 6.08. The van der Waals surface area contributed by atoms with E-state index in [1.807, 2.05) is 18.2 Å². The summed E-state index contributed by atoms with van der Waals surface area (Å²) in [5.74, 6) is 2.45. The Balaban J connectivity index is 2.37. The fourth-order valence-electron chi connectivity index (χ4n) is 1.94. The summed E-state index contributed by atoms with van der Waals surface area (Å²) >= 11 is 1.76. The fraction of sp³-hybridized carbons (Fsp3) is 0.312. The van der Waals surface area contributed by atoms with Gasteiger partial charge in [0.1, 0.15) is 0 Å². The van der Waals surface area contributed by atoms with Crippen molar-refractivity contribution >= 4 is 17.5 Å². The predicted molar refractivity (Wildman–Crippen MR) is 77.0 cm³/mol. The monoisotopic (exact) mass is 256 g/mol. The molecule has 0 atom stereocenters. The number of hydrogen-bond acceptors (Lipinski definition) is 2. The van der Waals surface area contributed by atoms with E-state index in [1.54, 1.807) is 11.8 Å². The Bertz CT molecular complexity index is 568. The van der Waals surface area contributed by atoms with Crippen LogP contribution in [0, 0.1) is 12.3 Å². The van der Waals surface area contributed by atoms with Crippen LogP contribution in [0.1, 0.15) is 36.7 Å². The minimum absolute atomic E-state index is 0.0184. The van der Waals surface area contributed by atoms with Gasteiger partial charge in [0.25, 0.3) is 0 Å². The Labute approximate surface area is 113 Å². The van der Waals surface area contributed by atoms with E-state index >= 15 is 0 Å². The lowest BCUT2D eigenvalue weighted by molar-refractivity contribution is 0.103. The van der Waals surface area contributed by atoms with Crippen LogP contribution >= 0.6 is 11.8 Å². The van der Waals surface area contributed by atoms with Crippen molar-refractivity contribution in [1.82, 2.24) is 0 Å². The van der Waals surface area contributed by atoms with Gasteiger partial charge in [-0.3, -0.25) is 4.79 Å². The van der Waals surface area contributed by atoms with Crippen molar-refractivity contribution in [3.63, 3.8) is 0 Å². The summed E-state index contributed by atoms with van der Waals surface area (Å²) in [7, 11) is 0. The van der Waals surface area contributed by atoms with Gasteiger partial charge in [0.15, 0.2) is 0 Å². The molecule has 0 bridgehead atoms. The number of Topliss-reactive ketones (excluding diaryl/α,β-unsaturated/α-hetero) is 1. The molecule has 0 amide bonds. The first-order valence-electron chi connectivity index (χ1n) is 5.94. The second-order valence-corrected chi connectivity index (χ2v) is 7.23. The molecule has 0 spiro atoms. The van der Waals surface area contributed by atoms with Crippen LogP contribution < -0.4 is 0 Å². The molecule has 2 rings (SSSR count). The highest BCUT2D eigenvalue weighted by atomic mass is 32.2. The summed E-state index contributed by atoms with van der Waals surface area (Å²) in [4.78, 5) is 13.3. The highest BCUT2D eigenvalue weighted by Crippen LogP contribution is 2.34. The largest absolute Gasteiger partial charge is 0.288 e. The summed E-state index contributed by atoms with van der Waals surface area (Å²) < 4.78 is 0.136. The molecule has 2 heteroatoms. The van der Waals surface area contributed by atoms with Gasteiger partial charge in [-0.2, -0.15) is 0 Å². The van der Waals surface area contributed by atoms with Gasteiger partial charge in [-0.1, -0.05) is 38.8 Å². The average molecular weight is 256 g/mol. The third-order valence-electron chi connectivity index (χ3n) is 2.68. The van der Waals surface area contributed by atoms with Gasteiger partial charge in [-0.15, -0.1) is 18.2 Å². The van der Waals surface area contributed by atoms with Gasteiger partial charge in [0, 0.05) is 15.2 Å². The summed E-state index contributed by atoms with van der Waals surface area (Å²) in [5.41, 5.74) is 2.32. The van der Waals surface area contributed by atoms with Crippen molar-refractivity contribution in [1.29, 1.82) is 0 Å². The molecule has 0 aliphatic heterocycles. The zero-order chi connectivity index (χ0) is 13.3. The van der Waals surface area contributed by atoms with E-state index in [-0.39, 0.29) is 10.5 Å². The van der Waals surface area contributed by atoms with Crippen LogP contribution in [0.4, 0.5) is 0 Å². The van der Waals surface area contributed by atoms with Gasteiger partial charge < -0.3 is 0 Å². The maximum atomic E-state index is 12.1. The van der Waals surface area contributed by atoms with Crippen LogP contribution in [0.15, 0.2) is 34.7 Å². The quantitative estimate of drug-likeness (QED) is 0.560. The van der Waals surface area contributed by atoms with E-state index in [2.05, 4.69) is 32.8 Å². The molecule has 0 unspecified atom stereocenters. The molecule has 0 aromatic heterocycles. The van der Waals surface area contributed by atoms with Gasteiger partial charge in [0.2, 0.25) is 5.78 Å². The molecule has 1 aliphatic rings. The number of thioether (sulfide) groups is 1. The topological polar surface area (TPSA) is 17.1 Å². The van der Waals surface area contributed by atoms with E-state index in [0.717, 1.165) is 22.4 Å². The number of ketones is 1. The number of carbonyl (C=O) groups is 1. The Hall–Kier alpha value is -1.46. The van der Waals surface area contributed by atoms with Gasteiger partial charge in [-0.05, 0) is 24.1 Å². The zero-order valence-electron chi connectivity index (χ0n) is 10.9. The lowest BCUT2D eigenvalue weighted by Crippen LogP contribution is -2.12. The van der Waals surface area contributed by atoms with Gasteiger partial charge in [0.05, 0.1) is 5.57 Å². The third kappa shape index (κ3) is 2.68. The number of benzene rings is 1. The number of hydrogen-bond donors (Lipinski definition) is 0. The number of carbonyl (C=O) groups excluding carboxylic acids is 1. The van der Waals surface area contributed by atoms with E-state index in [1.165, 1.54) is 0 Å². The minimum atomic E-state index is -0.0184. The Kier molecular flexibility index (Phi) is 3.36. The van der Waals surface area contributed by atoms with Crippen LogP contribution in [0.2, 0.25) is 0 Å². The first kappa shape index (κ1) is 13.0. The molecule has 18 heavy (non-hydrogen) atoms. The van der Waals surface area contributed by atoms with E-state index < -0.39 is 0 Å². The van der Waals surface area contributed by atoms with Gasteiger partial charge >= 0.3 is 0 Å². The summed E-state index contributed by atoms with van der Waals surface area (Å²) in [5, 5.41) is 0. The van der Waals surface area contributed by atoms with Crippen molar-refractivity contribution in [2.45, 2.75) is 36.8 Å². The predicted octanol–water partition coefficient (Wildman–Crippen LogP) is 3.88. The van der Waals surface area contributed by atoms with Crippen molar-refractivity contribution in [3.05, 3.63) is 41.0 Å². The Morgan fingerprint density at radius 1 is 1.33 bits per heavy atom. The van der Waals surface area contributed by atoms with Gasteiger partial charge in [-0.25, -0.2) is 0 Å². The molecule has 0 heterocycles. The SMILES string of the molecule is C#CC1=CCc2ccc(SC(C)(C)C)cc2C1=O. The van der Waals surface area contributed by atoms with Crippen LogP contribution in [-0.4, -0.2) is 10.5 Å². The van der Waals surface area contributed by atoms with E-state index in [0.29, 0.717) is 5.57 Å². The van der Waals surface area contributed by atoms with E-state index in [4.69, 9.17) is 6.42 Å². The molecule has 0 N–H and O–H groups in total. The Morgan fingerprint density at radius 3 is 2.67 bits per heavy atom. The fourth-order valence-corrected chi connectivity index (χ4v) is 2.96. The first-order chi connectivity index (χ1) is 8.40. The highest BCUT2D eigenvalue weighted by molar-refractivity contribution is 8.00. The van der Waals surface area contributed by atoms with Crippen LogP contribution in [0.25, 0.3) is 0 Å². The molecule has 0 saturated heterocycles. The standard InChI is InChI=1S/C16H16OS/c1-5-11-6-7-12-8-9-13(18-16(2,3)4)10-14(12)15(11)17/h1,6,8-10H,7H2,2-4H3. The molecule has 1 aliphatic carbocycles. The molecule has 1 aromatic carbocycles. The zero-order valence-corrected chi connectivity index (χ0v) is 11.7. The molecule has 1 aromatic rings. The molecule has 92 valence electrons. The lowest BCUT2D eigenvalue weighted by Gasteiger charge is -2.19. The molecule has 0 saturated carbocycles. The highest BCUT2D eigenvalue weighted by Gasteiger charge is 2.20. The van der Waals surface area contributed by atoms with Crippen LogP contribution in [0.5, 0.6) is 0 Å². The van der Waals surface area contributed by atoms with Crippen LogP contribution in [-0.2, 0) is 6.42 Å². The van der Waals surface area contributed by atoms with Crippen molar-refractivity contribution in [3.8, 4) is 12.3 Å². The van der Waals surface area contributed by atoms with Crippen LogP contribution in [0.3, 0.4) is 0 Å². The second kappa shape index (κ2) is 4.66. The smallest absolute Gasteiger partial charge is 0.201 e. The normalized spacial score (nSPS) is 14.8. The second-order valence-electron chi connectivity index (χ2n) is 5.33. The summed E-state index contributed by atoms with van der Waals surface area (Å²) in [6.07, 6.45) is 7.93. The summed E-state index contributed by atoms with van der Waals surface area (Å²) in [6.45, 7) is 6.48. The minimum Gasteiger partial charge on any atom is -0.288 e. The molecular formula is C16H16OS.